The van der Waals surface area contributed by atoms with E-state index in [0.29, 0.717) is 30.6 Å². The molecule has 1 aromatic rings. The van der Waals surface area contributed by atoms with Gasteiger partial charge in [-0.05, 0) is 24.3 Å². The Morgan fingerprint density at radius 1 is 1.40 bits per heavy atom. The van der Waals surface area contributed by atoms with Crippen LogP contribution in [0.1, 0.15) is 10.4 Å². The summed E-state index contributed by atoms with van der Waals surface area (Å²) in [7, 11) is -3.23. The Bertz CT molecular complexity index is 585. The minimum atomic E-state index is -3.23. The number of morpholine rings is 1. The van der Waals surface area contributed by atoms with Crippen molar-refractivity contribution in [1.29, 1.82) is 0 Å². The molecular formula is C13H16BrNO4S. The number of sulfone groups is 1. The largest absolute Gasteiger partial charge is 0.374 e. The van der Waals surface area contributed by atoms with Crippen LogP contribution in [-0.4, -0.2) is 56.6 Å². The number of carbonyl (C=O) groups excluding carboxylic acids is 1. The van der Waals surface area contributed by atoms with E-state index < -0.39 is 9.84 Å². The van der Waals surface area contributed by atoms with E-state index in [1.165, 1.54) is 12.1 Å². The molecule has 0 bridgehead atoms. The lowest BCUT2D eigenvalue weighted by molar-refractivity contribution is -0.00965. The lowest BCUT2D eigenvalue weighted by Crippen LogP contribution is -2.46. The minimum absolute atomic E-state index is 0.00277. The number of halogens is 1. The average molecular weight is 362 g/mol. The van der Waals surface area contributed by atoms with Gasteiger partial charge >= 0.3 is 0 Å². The van der Waals surface area contributed by atoms with Crippen LogP contribution in [0.15, 0.2) is 29.2 Å². The number of amides is 1. The zero-order valence-corrected chi connectivity index (χ0v) is 13.5. The van der Waals surface area contributed by atoms with Crippen molar-refractivity contribution in [3.05, 3.63) is 29.8 Å². The van der Waals surface area contributed by atoms with Crippen molar-refractivity contribution in [3.63, 3.8) is 0 Å². The summed E-state index contributed by atoms with van der Waals surface area (Å²) in [5, 5.41) is 0.684. The molecule has 1 unspecified atom stereocenters. The molecule has 5 nitrogen and oxygen atoms in total. The molecule has 0 spiro atoms. The molecule has 1 heterocycles. The second kappa shape index (κ2) is 6.24. The van der Waals surface area contributed by atoms with Crippen LogP contribution >= 0.6 is 15.9 Å². The van der Waals surface area contributed by atoms with Crippen LogP contribution < -0.4 is 0 Å². The Morgan fingerprint density at radius 3 is 2.60 bits per heavy atom. The van der Waals surface area contributed by atoms with E-state index >= 15 is 0 Å². The van der Waals surface area contributed by atoms with Gasteiger partial charge in [-0.2, -0.15) is 0 Å². The molecule has 1 aliphatic rings. The van der Waals surface area contributed by atoms with Gasteiger partial charge in [0.2, 0.25) is 0 Å². The van der Waals surface area contributed by atoms with Crippen molar-refractivity contribution >= 4 is 31.7 Å². The van der Waals surface area contributed by atoms with Gasteiger partial charge < -0.3 is 9.64 Å². The summed E-state index contributed by atoms with van der Waals surface area (Å²) in [4.78, 5) is 14.3. The summed E-state index contributed by atoms with van der Waals surface area (Å²) in [5.74, 6) is -0.0979. The highest BCUT2D eigenvalue weighted by atomic mass is 79.9. The summed E-state index contributed by atoms with van der Waals surface area (Å²) in [5.41, 5.74) is 0.493. The van der Waals surface area contributed by atoms with Crippen LogP contribution in [0.5, 0.6) is 0 Å². The van der Waals surface area contributed by atoms with Gasteiger partial charge in [-0.25, -0.2) is 8.42 Å². The standard InChI is InChI=1S/C13H16BrNO4S/c1-20(17,18)12-4-2-10(3-5-12)13(16)15-6-7-19-11(8-14)9-15/h2-5,11H,6-9H2,1H3. The van der Waals surface area contributed by atoms with Gasteiger partial charge in [-0.15, -0.1) is 0 Å². The van der Waals surface area contributed by atoms with Crippen molar-refractivity contribution in [2.45, 2.75) is 11.0 Å². The first-order chi connectivity index (χ1) is 9.41. The van der Waals surface area contributed by atoms with E-state index in [-0.39, 0.29) is 16.9 Å². The normalized spacial score (nSPS) is 19.9. The predicted molar refractivity (Wildman–Crippen MR) is 79.0 cm³/mol. The maximum atomic E-state index is 12.3. The Morgan fingerprint density at radius 2 is 2.05 bits per heavy atom. The monoisotopic (exact) mass is 361 g/mol. The number of benzene rings is 1. The first-order valence-corrected chi connectivity index (χ1v) is 9.20. The molecule has 0 aromatic heterocycles. The van der Waals surface area contributed by atoms with Crippen LogP contribution in [0, 0.1) is 0 Å². The molecule has 0 N–H and O–H groups in total. The Kier molecular flexibility index (Phi) is 4.82. The fourth-order valence-corrected chi connectivity index (χ4v) is 3.05. The van der Waals surface area contributed by atoms with E-state index in [9.17, 15) is 13.2 Å². The number of nitrogens with zero attached hydrogens (tertiary/aromatic N) is 1. The highest BCUT2D eigenvalue weighted by Crippen LogP contribution is 2.15. The molecule has 1 aromatic carbocycles. The molecule has 2 rings (SSSR count). The number of ether oxygens (including phenoxy) is 1. The molecule has 1 atom stereocenters. The zero-order chi connectivity index (χ0) is 14.8. The van der Waals surface area contributed by atoms with Crippen molar-refractivity contribution < 1.29 is 17.9 Å². The summed E-state index contributed by atoms with van der Waals surface area (Å²) in [6.07, 6.45) is 1.15. The number of rotatable bonds is 3. The van der Waals surface area contributed by atoms with Gasteiger partial charge in [0, 0.05) is 30.2 Å². The second-order valence-electron chi connectivity index (χ2n) is 4.69. The Hall–Kier alpha value is -0.920. The van der Waals surface area contributed by atoms with Crippen molar-refractivity contribution in [2.75, 3.05) is 31.3 Å². The van der Waals surface area contributed by atoms with Gasteiger partial charge in [0.15, 0.2) is 9.84 Å². The first-order valence-electron chi connectivity index (χ1n) is 6.19. The summed E-state index contributed by atoms with van der Waals surface area (Å²) in [6.45, 7) is 1.61. The Balaban J connectivity index is 2.13. The number of carbonyl (C=O) groups is 1. The fraction of sp³-hybridized carbons (Fsp3) is 0.462. The van der Waals surface area contributed by atoms with Crippen molar-refractivity contribution in [2.24, 2.45) is 0 Å². The molecule has 1 fully saturated rings. The van der Waals surface area contributed by atoms with Gasteiger partial charge in [-0.1, -0.05) is 15.9 Å². The lowest BCUT2D eigenvalue weighted by Gasteiger charge is -2.32. The van der Waals surface area contributed by atoms with Crippen LogP contribution in [0.25, 0.3) is 0 Å². The Labute approximate surface area is 127 Å². The predicted octanol–water partition coefficient (Wildman–Crippen LogP) is 1.33. The van der Waals surface area contributed by atoms with E-state index in [4.69, 9.17) is 4.74 Å². The summed E-state index contributed by atoms with van der Waals surface area (Å²) < 4.78 is 28.2. The maximum absolute atomic E-state index is 12.3. The lowest BCUT2D eigenvalue weighted by atomic mass is 10.2. The first kappa shape index (κ1) is 15.5. The van der Waals surface area contributed by atoms with Gasteiger partial charge in [0.1, 0.15) is 0 Å². The van der Waals surface area contributed by atoms with E-state index in [0.717, 1.165) is 6.26 Å². The zero-order valence-electron chi connectivity index (χ0n) is 11.1. The topological polar surface area (TPSA) is 63.7 Å². The highest BCUT2D eigenvalue weighted by molar-refractivity contribution is 9.09. The van der Waals surface area contributed by atoms with Gasteiger partial charge in [0.25, 0.3) is 5.91 Å². The SMILES string of the molecule is CS(=O)(=O)c1ccc(C(=O)N2CCOC(CBr)C2)cc1. The third-order valence-corrected chi connectivity index (χ3v) is 4.98. The third kappa shape index (κ3) is 3.59. The van der Waals surface area contributed by atoms with Crippen LogP contribution in [0.4, 0.5) is 0 Å². The maximum Gasteiger partial charge on any atom is 0.254 e. The average Bonchev–Trinajstić information content (AvgIpc) is 2.46. The van der Waals surface area contributed by atoms with Crippen LogP contribution in [0.2, 0.25) is 0 Å². The molecule has 20 heavy (non-hydrogen) atoms. The summed E-state index contributed by atoms with van der Waals surface area (Å²) >= 11 is 3.35. The van der Waals surface area contributed by atoms with Gasteiger partial charge in [0.05, 0.1) is 17.6 Å². The smallest absolute Gasteiger partial charge is 0.254 e. The molecule has 1 saturated heterocycles. The molecule has 0 radical (unpaired) electrons. The molecule has 1 aliphatic heterocycles. The molecule has 110 valence electrons. The van der Waals surface area contributed by atoms with Crippen molar-refractivity contribution in [3.8, 4) is 0 Å². The molecular weight excluding hydrogens is 346 g/mol. The van der Waals surface area contributed by atoms with E-state index in [1.807, 2.05) is 0 Å². The van der Waals surface area contributed by atoms with Crippen LogP contribution in [0.3, 0.4) is 0 Å². The molecule has 7 heteroatoms. The van der Waals surface area contributed by atoms with Gasteiger partial charge in [-0.3, -0.25) is 4.79 Å². The fourth-order valence-electron chi connectivity index (χ4n) is 2.02. The van der Waals surface area contributed by atoms with Crippen LogP contribution in [-0.2, 0) is 14.6 Å². The minimum Gasteiger partial charge on any atom is -0.374 e. The molecule has 0 aliphatic carbocycles. The summed E-state index contributed by atoms with van der Waals surface area (Å²) in [6, 6.07) is 6.03. The molecule has 0 saturated carbocycles. The van der Waals surface area contributed by atoms with Crippen molar-refractivity contribution in [1.82, 2.24) is 4.90 Å². The van der Waals surface area contributed by atoms with E-state index in [2.05, 4.69) is 15.9 Å². The molecule has 1 amide bonds. The number of hydrogen-bond donors (Lipinski definition) is 0. The van der Waals surface area contributed by atoms with E-state index in [1.54, 1.807) is 17.0 Å². The third-order valence-electron chi connectivity index (χ3n) is 3.13. The highest BCUT2D eigenvalue weighted by Gasteiger charge is 2.24. The number of hydrogen-bond acceptors (Lipinski definition) is 4. The number of alkyl halides is 1. The quantitative estimate of drug-likeness (QED) is 0.761. The second-order valence-corrected chi connectivity index (χ2v) is 7.36.